The molecule has 1 amide bonds. The highest BCUT2D eigenvalue weighted by molar-refractivity contribution is 6.30. The fourth-order valence-electron chi connectivity index (χ4n) is 4.37. The van der Waals surface area contributed by atoms with Gasteiger partial charge in [-0.25, -0.2) is 9.97 Å². The van der Waals surface area contributed by atoms with Crippen molar-refractivity contribution in [3.63, 3.8) is 0 Å². The number of carbonyl (C=O) groups excluding carboxylic acids is 1. The summed E-state index contributed by atoms with van der Waals surface area (Å²) in [5, 5.41) is 3.84. The minimum atomic E-state index is -0.506. The first kappa shape index (κ1) is 18.8. The Morgan fingerprint density at radius 3 is 2.63 bits per heavy atom. The first-order valence-electron chi connectivity index (χ1n) is 10.1. The summed E-state index contributed by atoms with van der Waals surface area (Å²) >= 11 is 6.07. The number of hydrogen-bond acceptors (Lipinski definition) is 3. The lowest BCUT2D eigenvalue weighted by atomic mass is 9.78. The van der Waals surface area contributed by atoms with Crippen molar-refractivity contribution in [1.29, 1.82) is 0 Å². The van der Waals surface area contributed by atoms with E-state index in [4.69, 9.17) is 11.6 Å². The van der Waals surface area contributed by atoms with Crippen molar-refractivity contribution in [2.24, 2.45) is 0 Å². The Morgan fingerprint density at radius 1 is 1.07 bits per heavy atom. The average Bonchev–Trinajstić information content (AvgIpc) is 3.43. The molecule has 2 aromatic heterocycles. The Labute approximate surface area is 179 Å². The van der Waals surface area contributed by atoms with Gasteiger partial charge in [0.25, 0.3) is 0 Å². The summed E-state index contributed by atoms with van der Waals surface area (Å²) in [5.41, 5.74) is 3.05. The Hall–Kier alpha value is -3.18. The van der Waals surface area contributed by atoms with Crippen LogP contribution in [0.25, 0.3) is 17.0 Å². The maximum Gasteiger partial charge on any atom is 0.235 e. The molecule has 0 aliphatic heterocycles. The first-order valence-corrected chi connectivity index (χ1v) is 10.5. The zero-order valence-corrected chi connectivity index (χ0v) is 17.1. The van der Waals surface area contributed by atoms with Gasteiger partial charge < -0.3 is 5.32 Å². The van der Waals surface area contributed by atoms with Gasteiger partial charge in [0.05, 0.1) is 11.1 Å². The number of rotatable bonds is 4. The summed E-state index contributed by atoms with van der Waals surface area (Å²) in [6, 6.07) is 17.4. The molecule has 0 saturated heterocycles. The van der Waals surface area contributed by atoms with Crippen LogP contribution in [-0.4, -0.2) is 20.3 Å². The van der Waals surface area contributed by atoms with Gasteiger partial charge in [-0.2, -0.15) is 0 Å². The van der Waals surface area contributed by atoms with E-state index in [0.717, 1.165) is 48.2 Å². The van der Waals surface area contributed by atoms with Crippen molar-refractivity contribution >= 4 is 29.0 Å². The lowest BCUT2D eigenvalue weighted by Crippen LogP contribution is -2.37. The molecule has 0 unspecified atom stereocenters. The number of imidazole rings is 1. The van der Waals surface area contributed by atoms with E-state index in [1.165, 1.54) is 0 Å². The molecule has 1 aliphatic rings. The van der Waals surface area contributed by atoms with Crippen molar-refractivity contribution < 1.29 is 4.79 Å². The molecule has 1 fully saturated rings. The third-order valence-electron chi connectivity index (χ3n) is 5.94. The number of amides is 1. The molecule has 4 aromatic rings. The Bertz CT molecular complexity index is 1180. The third-order valence-corrected chi connectivity index (χ3v) is 6.19. The molecule has 1 aliphatic carbocycles. The fraction of sp³-hybridized carbons (Fsp3) is 0.208. The summed E-state index contributed by atoms with van der Waals surface area (Å²) in [7, 11) is 0. The smallest absolute Gasteiger partial charge is 0.235 e. The molecule has 30 heavy (non-hydrogen) atoms. The van der Waals surface area contributed by atoms with Crippen molar-refractivity contribution in [3.8, 4) is 11.3 Å². The number of benzene rings is 2. The Morgan fingerprint density at radius 2 is 1.87 bits per heavy atom. The number of carbonyl (C=O) groups is 1. The highest BCUT2D eigenvalue weighted by Crippen LogP contribution is 2.42. The van der Waals surface area contributed by atoms with Crippen molar-refractivity contribution in [1.82, 2.24) is 14.4 Å². The number of nitrogens with one attached hydrogen (secondary N) is 1. The molecule has 0 atom stereocenters. The van der Waals surface area contributed by atoms with Gasteiger partial charge >= 0.3 is 0 Å². The second-order valence-electron chi connectivity index (χ2n) is 7.78. The summed E-state index contributed by atoms with van der Waals surface area (Å²) in [4.78, 5) is 22.3. The van der Waals surface area contributed by atoms with E-state index in [-0.39, 0.29) is 5.91 Å². The number of nitrogens with zero attached hydrogens (tertiary/aromatic N) is 3. The van der Waals surface area contributed by atoms with Crippen LogP contribution in [0.5, 0.6) is 0 Å². The van der Waals surface area contributed by atoms with Crippen LogP contribution in [-0.2, 0) is 10.2 Å². The lowest BCUT2D eigenvalue weighted by Gasteiger charge is -2.28. The van der Waals surface area contributed by atoms with Gasteiger partial charge in [0.2, 0.25) is 11.7 Å². The van der Waals surface area contributed by atoms with Gasteiger partial charge in [-0.15, -0.1) is 0 Å². The summed E-state index contributed by atoms with van der Waals surface area (Å²) < 4.78 is 1.88. The normalized spacial score (nSPS) is 15.4. The van der Waals surface area contributed by atoms with Gasteiger partial charge in [0.1, 0.15) is 0 Å². The van der Waals surface area contributed by atoms with Crippen LogP contribution in [0.4, 0.5) is 5.69 Å². The van der Waals surface area contributed by atoms with Crippen LogP contribution in [0, 0.1) is 0 Å². The molecule has 5 rings (SSSR count). The maximum atomic E-state index is 13.4. The maximum absolute atomic E-state index is 13.4. The zero-order valence-electron chi connectivity index (χ0n) is 16.4. The van der Waals surface area contributed by atoms with Gasteiger partial charge in [-0.05, 0) is 48.7 Å². The molecule has 1 N–H and O–H groups in total. The van der Waals surface area contributed by atoms with E-state index in [0.29, 0.717) is 10.8 Å². The van der Waals surface area contributed by atoms with Crippen LogP contribution in [0.2, 0.25) is 5.02 Å². The molecule has 0 bridgehead atoms. The quantitative estimate of drug-likeness (QED) is 0.477. The first-order chi connectivity index (χ1) is 14.6. The van der Waals surface area contributed by atoms with Crippen LogP contribution in [0.15, 0.2) is 73.2 Å². The van der Waals surface area contributed by atoms with E-state index in [1.54, 1.807) is 6.20 Å². The predicted octanol–water partition coefficient (Wildman–Crippen LogP) is 5.50. The molecule has 2 aromatic carbocycles. The molecule has 2 heterocycles. The molecule has 0 spiro atoms. The molecule has 1 saturated carbocycles. The molecule has 150 valence electrons. The molecule has 6 heteroatoms. The Kier molecular flexibility index (Phi) is 4.75. The van der Waals surface area contributed by atoms with Crippen LogP contribution in [0.3, 0.4) is 0 Å². The SMILES string of the molecule is O=C(Nc1cccc(-c2cn3cccnc3n2)c1)C1(c2ccc(Cl)cc2)CCCC1. The topological polar surface area (TPSA) is 59.3 Å². The molecule has 5 nitrogen and oxygen atoms in total. The minimum Gasteiger partial charge on any atom is -0.325 e. The molecule has 0 radical (unpaired) electrons. The second-order valence-corrected chi connectivity index (χ2v) is 8.22. The van der Waals surface area contributed by atoms with Crippen molar-refractivity contribution in [2.75, 3.05) is 5.32 Å². The monoisotopic (exact) mass is 416 g/mol. The minimum absolute atomic E-state index is 0.0381. The number of aromatic nitrogens is 3. The highest BCUT2D eigenvalue weighted by Gasteiger charge is 2.42. The number of halogens is 1. The number of anilines is 1. The van der Waals surface area contributed by atoms with Gasteiger partial charge in [0.15, 0.2) is 0 Å². The zero-order chi connectivity index (χ0) is 20.6. The van der Waals surface area contributed by atoms with Gasteiger partial charge in [0, 0.05) is 34.9 Å². The van der Waals surface area contributed by atoms with Gasteiger partial charge in [-0.3, -0.25) is 9.20 Å². The van der Waals surface area contributed by atoms with E-state index < -0.39 is 5.41 Å². The van der Waals surface area contributed by atoms with Gasteiger partial charge in [-0.1, -0.05) is 48.7 Å². The average molecular weight is 417 g/mol. The van der Waals surface area contributed by atoms with Crippen LogP contribution in [0.1, 0.15) is 31.2 Å². The third kappa shape index (κ3) is 3.35. The fourth-order valence-corrected chi connectivity index (χ4v) is 4.50. The van der Waals surface area contributed by atoms with Crippen molar-refractivity contribution in [3.05, 3.63) is 83.8 Å². The standard InChI is InChI=1S/C24H21ClN4O/c25-19-9-7-18(8-10-19)24(11-1-2-12-24)22(30)27-20-6-3-5-17(15-20)21-16-29-14-4-13-26-23(29)28-21/h3-10,13-16H,1-2,11-12H2,(H,27,30). The number of fused-ring (bicyclic) bond motifs is 1. The number of hydrogen-bond donors (Lipinski definition) is 1. The van der Waals surface area contributed by atoms with E-state index >= 15 is 0 Å². The largest absolute Gasteiger partial charge is 0.325 e. The van der Waals surface area contributed by atoms with E-state index in [2.05, 4.69) is 15.3 Å². The predicted molar refractivity (Wildman–Crippen MR) is 119 cm³/mol. The van der Waals surface area contributed by atoms with Crippen molar-refractivity contribution in [2.45, 2.75) is 31.1 Å². The Balaban J connectivity index is 1.44. The molecular weight excluding hydrogens is 396 g/mol. The van der Waals surface area contributed by atoms with E-state index in [9.17, 15) is 4.79 Å². The summed E-state index contributed by atoms with van der Waals surface area (Å²) in [6.45, 7) is 0. The van der Waals surface area contributed by atoms with Crippen LogP contribution < -0.4 is 5.32 Å². The highest BCUT2D eigenvalue weighted by atomic mass is 35.5. The van der Waals surface area contributed by atoms with E-state index in [1.807, 2.05) is 71.4 Å². The van der Waals surface area contributed by atoms with Crippen LogP contribution >= 0.6 is 11.6 Å². The lowest BCUT2D eigenvalue weighted by molar-refractivity contribution is -0.121. The summed E-state index contributed by atoms with van der Waals surface area (Å²) in [5.74, 6) is 0.686. The summed E-state index contributed by atoms with van der Waals surface area (Å²) in [6.07, 6.45) is 9.36. The molecular formula is C24H21ClN4O. The second kappa shape index (κ2) is 7.58.